The van der Waals surface area contributed by atoms with E-state index in [0.29, 0.717) is 11.3 Å². The van der Waals surface area contributed by atoms with Crippen LogP contribution in [0.2, 0.25) is 5.02 Å². The van der Waals surface area contributed by atoms with E-state index in [1.165, 1.54) is 24.5 Å². The molecule has 0 saturated heterocycles. The summed E-state index contributed by atoms with van der Waals surface area (Å²) in [6.45, 7) is 0. The molecule has 8 heteroatoms. The van der Waals surface area contributed by atoms with E-state index in [4.69, 9.17) is 22.5 Å². The molecule has 1 aromatic heterocycles. The normalized spacial score (nSPS) is 11.3. The summed E-state index contributed by atoms with van der Waals surface area (Å²) < 4.78 is 4.56. The van der Waals surface area contributed by atoms with Crippen LogP contribution in [0.15, 0.2) is 40.2 Å². The van der Waals surface area contributed by atoms with Crippen LogP contribution in [0, 0.1) is 0 Å². The Morgan fingerprint density at radius 2 is 2.26 bits per heavy atom. The molecule has 0 aliphatic heterocycles. The molecular formula is C11H9ClN4O3. The summed E-state index contributed by atoms with van der Waals surface area (Å²) in [6.07, 6.45) is 1.29. The number of hydrogen-bond acceptors (Lipinski definition) is 5. The zero-order valence-corrected chi connectivity index (χ0v) is 10.3. The van der Waals surface area contributed by atoms with E-state index in [-0.39, 0.29) is 16.6 Å². The van der Waals surface area contributed by atoms with Gasteiger partial charge in [-0.05, 0) is 18.2 Å². The first-order valence-electron chi connectivity index (χ1n) is 5.11. The fourth-order valence-electron chi connectivity index (χ4n) is 1.35. The third-order valence-electron chi connectivity index (χ3n) is 2.29. The largest absolute Gasteiger partial charge is 0.409 e. The van der Waals surface area contributed by atoms with Crippen molar-refractivity contribution in [3.05, 3.63) is 46.8 Å². The molecule has 0 aliphatic rings. The highest BCUT2D eigenvalue weighted by molar-refractivity contribution is 6.34. The van der Waals surface area contributed by atoms with Gasteiger partial charge in [0.2, 0.25) is 0 Å². The lowest BCUT2D eigenvalue weighted by molar-refractivity contribution is 0.101. The Morgan fingerprint density at radius 1 is 1.47 bits per heavy atom. The number of aromatic nitrogens is 1. The number of amides is 1. The maximum Gasteiger partial charge on any atom is 0.277 e. The van der Waals surface area contributed by atoms with Gasteiger partial charge in [-0.15, -0.1) is 0 Å². The number of nitrogens with zero attached hydrogens (tertiary/aromatic N) is 2. The van der Waals surface area contributed by atoms with E-state index in [2.05, 4.69) is 20.2 Å². The zero-order chi connectivity index (χ0) is 13.8. The number of carbonyl (C=O) groups excluding carboxylic acids is 1. The van der Waals surface area contributed by atoms with Crippen molar-refractivity contribution in [2.45, 2.75) is 0 Å². The van der Waals surface area contributed by atoms with E-state index < -0.39 is 5.91 Å². The molecule has 1 heterocycles. The standard InChI is InChI=1S/C11H9ClN4O3/c12-7-5-6(10(13)15-18)1-2-8(7)14-11(17)9-3-4-19-16-9/h1-5,18H,(H2,13,15)(H,14,17). The molecule has 0 unspecified atom stereocenters. The molecule has 2 rings (SSSR count). The first-order chi connectivity index (χ1) is 9.11. The molecule has 7 nitrogen and oxygen atoms in total. The number of rotatable bonds is 3. The van der Waals surface area contributed by atoms with Crippen LogP contribution in [0.25, 0.3) is 0 Å². The van der Waals surface area contributed by atoms with Crippen molar-refractivity contribution in [2.75, 3.05) is 5.32 Å². The van der Waals surface area contributed by atoms with Crippen molar-refractivity contribution in [1.29, 1.82) is 0 Å². The monoisotopic (exact) mass is 280 g/mol. The first kappa shape index (κ1) is 12.9. The molecule has 1 amide bonds. The fourth-order valence-corrected chi connectivity index (χ4v) is 1.58. The number of amidine groups is 1. The lowest BCUT2D eigenvalue weighted by atomic mass is 10.2. The van der Waals surface area contributed by atoms with Crippen molar-refractivity contribution < 1.29 is 14.5 Å². The average molecular weight is 281 g/mol. The smallest absolute Gasteiger partial charge is 0.277 e. The molecule has 0 aliphatic carbocycles. The molecule has 0 bridgehead atoms. The number of oxime groups is 1. The maximum atomic E-state index is 11.7. The van der Waals surface area contributed by atoms with Crippen LogP contribution in [-0.2, 0) is 0 Å². The van der Waals surface area contributed by atoms with Gasteiger partial charge in [0.15, 0.2) is 11.5 Å². The minimum Gasteiger partial charge on any atom is -0.409 e. The third-order valence-corrected chi connectivity index (χ3v) is 2.60. The summed E-state index contributed by atoms with van der Waals surface area (Å²) in [4.78, 5) is 11.7. The molecule has 98 valence electrons. The molecule has 19 heavy (non-hydrogen) atoms. The number of nitrogens with one attached hydrogen (secondary N) is 1. The quantitative estimate of drug-likeness (QED) is 0.342. The van der Waals surface area contributed by atoms with Crippen molar-refractivity contribution in [2.24, 2.45) is 10.9 Å². The summed E-state index contributed by atoms with van der Waals surface area (Å²) in [5, 5.41) is 17.7. The lowest BCUT2D eigenvalue weighted by Crippen LogP contribution is -2.15. The number of carbonyl (C=O) groups is 1. The van der Waals surface area contributed by atoms with Gasteiger partial charge in [-0.2, -0.15) is 0 Å². The molecule has 0 saturated carbocycles. The summed E-state index contributed by atoms with van der Waals surface area (Å²) >= 11 is 5.99. The van der Waals surface area contributed by atoms with Crippen molar-refractivity contribution in [3.8, 4) is 0 Å². The van der Waals surface area contributed by atoms with Crippen LogP contribution in [0.1, 0.15) is 16.1 Å². The fraction of sp³-hybridized carbons (Fsp3) is 0. The van der Waals surface area contributed by atoms with E-state index in [1.54, 1.807) is 6.07 Å². The van der Waals surface area contributed by atoms with Crippen LogP contribution in [0.3, 0.4) is 0 Å². The Hall–Kier alpha value is -2.54. The molecule has 4 N–H and O–H groups in total. The highest BCUT2D eigenvalue weighted by atomic mass is 35.5. The molecule has 0 atom stereocenters. The van der Waals surface area contributed by atoms with Gasteiger partial charge in [0.1, 0.15) is 6.26 Å². The SMILES string of the molecule is N/C(=N/O)c1ccc(NC(=O)c2ccon2)c(Cl)c1. The van der Waals surface area contributed by atoms with Gasteiger partial charge < -0.3 is 20.8 Å². The number of benzene rings is 1. The molecule has 1 aromatic carbocycles. The first-order valence-corrected chi connectivity index (χ1v) is 5.49. The molecule has 0 spiro atoms. The van der Waals surface area contributed by atoms with Crippen molar-refractivity contribution in [3.63, 3.8) is 0 Å². The van der Waals surface area contributed by atoms with E-state index in [9.17, 15) is 4.79 Å². The molecule has 0 fully saturated rings. The minimum absolute atomic E-state index is 0.0729. The van der Waals surface area contributed by atoms with Gasteiger partial charge in [-0.25, -0.2) is 0 Å². The predicted molar refractivity (Wildman–Crippen MR) is 68.4 cm³/mol. The van der Waals surface area contributed by atoms with Gasteiger partial charge in [-0.1, -0.05) is 21.9 Å². The number of hydrogen-bond donors (Lipinski definition) is 3. The van der Waals surface area contributed by atoms with Gasteiger partial charge >= 0.3 is 0 Å². The van der Waals surface area contributed by atoms with Crippen LogP contribution < -0.4 is 11.1 Å². The topological polar surface area (TPSA) is 114 Å². The summed E-state index contributed by atoms with van der Waals surface area (Å²) in [7, 11) is 0. The second kappa shape index (κ2) is 5.40. The van der Waals surface area contributed by atoms with Gasteiger partial charge in [-0.3, -0.25) is 4.79 Å². The Bertz CT molecular complexity index is 625. The number of nitrogens with two attached hydrogens (primary N) is 1. The third kappa shape index (κ3) is 2.83. The van der Waals surface area contributed by atoms with Gasteiger partial charge in [0.25, 0.3) is 5.91 Å². The van der Waals surface area contributed by atoms with E-state index >= 15 is 0 Å². The average Bonchev–Trinajstić information content (AvgIpc) is 2.94. The van der Waals surface area contributed by atoms with Crippen LogP contribution in [-0.4, -0.2) is 22.1 Å². The van der Waals surface area contributed by atoms with Crippen molar-refractivity contribution >= 4 is 29.0 Å². The Balaban J connectivity index is 2.20. The number of anilines is 1. The van der Waals surface area contributed by atoms with Crippen LogP contribution >= 0.6 is 11.6 Å². The Morgan fingerprint density at radius 3 is 2.84 bits per heavy atom. The summed E-state index contributed by atoms with van der Waals surface area (Å²) in [5.41, 5.74) is 6.37. The minimum atomic E-state index is -0.452. The van der Waals surface area contributed by atoms with Crippen LogP contribution in [0.5, 0.6) is 0 Å². The highest BCUT2D eigenvalue weighted by Crippen LogP contribution is 2.23. The summed E-state index contributed by atoms with van der Waals surface area (Å²) in [6, 6.07) is 5.98. The van der Waals surface area contributed by atoms with Gasteiger partial charge in [0, 0.05) is 11.6 Å². The van der Waals surface area contributed by atoms with E-state index in [1.807, 2.05) is 0 Å². The Kier molecular flexibility index (Phi) is 3.67. The second-order valence-corrected chi connectivity index (χ2v) is 3.93. The molecule has 2 aromatic rings. The molecule has 0 radical (unpaired) electrons. The van der Waals surface area contributed by atoms with E-state index in [0.717, 1.165) is 0 Å². The Labute approximate surface area is 112 Å². The van der Waals surface area contributed by atoms with Crippen molar-refractivity contribution in [1.82, 2.24) is 5.16 Å². The maximum absolute atomic E-state index is 11.7. The molecular weight excluding hydrogens is 272 g/mol. The van der Waals surface area contributed by atoms with Gasteiger partial charge in [0.05, 0.1) is 10.7 Å². The highest BCUT2D eigenvalue weighted by Gasteiger charge is 2.12. The van der Waals surface area contributed by atoms with Crippen LogP contribution in [0.4, 0.5) is 5.69 Å². The predicted octanol–water partition coefficient (Wildman–Crippen LogP) is 1.67. The number of halogens is 1. The lowest BCUT2D eigenvalue weighted by Gasteiger charge is -2.07. The summed E-state index contributed by atoms with van der Waals surface area (Å²) in [5.74, 6) is -0.525. The second-order valence-electron chi connectivity index (χ2n) is 3.52. The zero-order valence-electron chi connectivity index (χ0n) is 9.50.